The summed E-state index contributed by atoms with van der Waals surface area (Å²) in [5, 5.41) is 10.7. The van der Waals surface area contributed by atoms with Crippen molar-refractivity contribution in [2.75, 3.05) is 0 Å². The molecule has 2 aromatic heterocycles. The van der Waals surface area contributed by atoms with Gasteiger partial charge in [0.25, 0.3) is 0 Å². The molecule has 0 saturated heterocycles. The van der Waals surface area contributed by atoms with Crippen molar-refractivity contribution in [1.29, 1.82) is 0 Å². The predicted octanol–water partition coefficient (Wildman–Crippen LogP) is 3.52. The number of carboxylic acids is 1. The van der Waals surface area contributed by atoms with Crippen LogP contribution >= 0.6 is 11.8 Å². The zero-order valence-corrected chi connectivity index (χ0v) is 12.1. The first-order valence-corrected chi connectivity index (χ1v) is 7.29. The Morgan fingerprint density at radius 3 is 2.71 bits per heavy atom. The molecule has 2 heterocycles. The maximum atomic E-state index is 11.3. The van der Waals surface area contributed by atoms with E-state index in [-0.39, 0.29) is 5.76 Å². The van der Waals surface area contributed by atoms with Gasteiger partial charge in [0.1, 0.15) is 5.58 Å². The van der Waals surface area contributed by atoms with E-state index >= 15 is 0 Å². The second-order valence-electron chi connectivity index (χ2n) is 4.54. The molecule has 0 saturated carbocycles. The van der Waals surface area contributed by atoms with Crippen molar-refractivity contribution >= 4 is 28.7 Å². The number of hydrogen-bond donors (Lipinski definition) is 1. The highest BCUT2D eigenvalue weighted by molar-refractivity contribution is 7.98. The number of benzene rings is 1. The summed E-state index contributed by atoms with van der Waals surface area (Å²) in [6.45, 7) is 1.92. The molecule has 0 spiro atoms. The van der Waals surface area contributed by atoms with Crippen molar-refractivity contribution in [3.8, 4) is 0 Å². The first-order valence-electron chi connectivity index (χ1n) is 6.30. The van der Waals surface area contributed by atoms with Crippen LogP contribution in [0.5, 0.6) is 0 Å². The van der Waals surface area contributed by atoms with Crippen LogP contribution in [0.25, 0.3) is 11.0 Å². The number of fused-ring (bicyclic) bond motifs is 1. The average Bonchev–Trinajstić information content (AvgIpc) is 2.86. The van der Waals surface area contributed by atoms with Gasteiger partial charge in [-0.25, -0.2) is 14.8 Å². The summed E-state index contributed by atoms with van der Waals surface area (Å²) in [5.74, 6) is -0.635. The Balaban J connectivity index is 1.93. The maximum Gasteiger partial charge on any atom is 0.372 e. The van der Waals surface area contributed by atoms with Gasteiger partial charge in [-0.3, -0.25) is 0 Å². The van der Waals surface area contributed by atoms with Crippen molar-refractivity contribution in [1.82, 2.24) is 9.97 Å². The fourth-order valence-electron chi connectivity index (χ4n) is 2.01. The molecule has 3 rings (SSSR count). The van der Waals surface area contributed by atoms with Gasteiger partial charge < -0.3 is 9.52 Å². The molecule has 0 radical (unpaired) electrons. The van der Waals surface area contributed by atoms with Gasteiger partial charge in [0.15, 0.2) is 5.16 Å². The molecule has 0 fully saturated rings. The minimum atomic E-state index is -1.06. The molecule has 5 nitrogen and oxygen atoms in total. The molecule has 0 atom stereocenters. The zero-order chi connectivity index (χ0) is 14.8. The van der Waals surface area contributed by atoms with E-state index in [1.54, 1.807) is 18.5 Å². The first-order chi connectivity index (χ1) is 10.1. The van der Waals surface area contributed by atoms with Gasteiger partial charge in [-0.2, -0.15) is 0 Å². The third-order valence-electron chi connectivity index (χ3n) is 3.00. The lowest BCUT2D eigenvalue weighted by atomic mass is 10.1. The number of nitrogens with zero attached hydrogens (tertiary/aromatic N) is 2. The number of aryl methyl sites for hydroxylation is 1. The Morgan fingerprint density at radius 1 is 1.29 bits per heavy atom. The third kappa shape index (κ3) is 2.75. The quantitative estimate of drug-likeness (QED) is 0.587. The molecule has 3 aromatic rings. The number of aromatic nitrogens is 2. The summed E-state index contributed by atoms with van der Waals surface area (Å²) in [7, 11) is 0. The Bertz CT molecular complexity index is 796. The van der Waals surface area contributed by atoms with Crippen molar-refractivity contribution in [2.24, 2.45) is 0 Å². The summed E-state index contributed by atoms with van der Waals surface area (Å²) in [6, 6.07) is 7.30. The largest absolute Gasteiger partial charge is 0.475 e. The number of carbonyl (C=O) groups is 1. The Labute approximate surface area is 125 Å². The summed E-state index contributed by atoms with van der Waals surface area (Å²) < 4.78 is 5.41. The summed E-state index contributed by atoms with van der Waals surface area (Å²) in [6.07, 6.45) is 3.47. The highest BCUT2D eigenvalue weighted by Gasteiger charge is 2.19. The number of thioether (sulfide) groups is 1. The lowest BCUT2D eigenvalue weighted by Gasteiger charge is -2.00. The summed E-state index contributed by atoms with van der Waals surface area (Å²) in [4.78, 5) is 19.7. The average molecular weight is 300 g/mol. The lowest BCUT2D eigenvalue weighted by molar-refractivity contribution is 0.0664. The van der Waals surface area contributed by atoms with Crippen LogP contribution in [0.15, 0.2) is 46.2 Å². The second kappa shape index (κ2) is 5.57. The molecule has 106 valence electrons. The molecule has 21 heavy (non-hydrogen) atoms. The zero-order valence-electron chi connectivity index (χ0n) is 11.2. The number of furan rings is 1. The lowest BCUT2D eigenvalue weighted by Crippen LogP contribution is -1.98. The van der Waals surface area contributed by atoms with Crippen LogP contribution in [0.4, 0.5) is 0 Å². The molecule has 0 aliphatic rings. The Kier molecular flexibility index (Phi) is 3.62. The van der Waals surface area contributed by atoms with E-state index in [4.69, 9.17) is 4.42 Å². The normalized spacial score (nSPS) is 10.9. The SMILES string of the molecule is Cc1cnc(SCc2c(C(=O)O)oc3ccccc23)nc1. The molecule has 0 aliphatic heterocycles. The topological polar surface area (TPSA) is 76.2 Å². The van der Waals surface area contributed by atoms with Crippen LogP contribution in [-0.2, 0) is 5.75 Å². The third-order valence-corrected chi connectivity index (χ3v) is 3.90. The van der Waals surface area contributed by atoms with Crippen LogP contribution in [0.2, 0.25) is 0 Å². The van der Waals surface area contributed by atoms with Crippen LogP contribution in [0.1, 0.15) is 21.7 Å². The summed E-state index contributed by atoms with van der Waals surface area (Å²) in [5.41, 5.74) is 2.22. The fraction of sp³-hybridized carbons (Fsp3) is 0.133. The highest BCUT2D eigenvalue weighted by Crippen LogP contribution is 2.30. The smallest absolute Gasteiger partial charge is 0.372 e. The molecule has 0 amide bonds. The van der Waals surface area contributed by atoms with Gasteiger partial charge in [0.05, 0.1) is 0 Å². The Hall–Kier alpha value is -2.34. The molecule has 0 bridgehead atoms. The maximum absolute atomic E-state index is 11.3. The van der Waals surface area contributed by atoms with Crippen LogP contribution < -0.4 is 0 Å². The standard InChI is InChI=1S/C15H12N2O3S/c1-9-6-16-15(17-7-9)21-8-11-10-4-2-3-5-12(10)20-13(11)14(18)19/h2-7H,8H2,1H3,(H,18,19). The van der Waals surface area contributed by atoms with E-state index in [0.29, 0.717) is 22.1 Å². The number of aromatic carboxylic acids is 1. The molecule has 0 unspecified atom stereocenters. The predicted molar refractivity (Wildman–Crippen MR) is 79.5 cm³/mol. The molecule has 1 N–H and O–H groups in total. The highest BCUT2D eigenvalue weighted by atomic mass is 32.2. The molecule has 1 aromatic carbocycles. The number of hydrogen-bond acceptors (Lipinski definition) is 5. The van der Waals surface area contributed by atoms with Crippen LogP contribution in [0, 0.1) is 6.92 Å². The van der Waals surface area contributed by atoms with E-state index in [0.717, 1.165) is 10.9 Å². The van der Waals surface area contributed by atoms with Gasteiger partial charge in [-0.05, 0) is 18.6 Å². The molecular weight excluding hydrogens is 288 g/mol. The van der Waals surface area contributed by atoms with E-state index in [1.807, 2.05) is 25.1 Å². The van der Waals surface area contributed by atoms with E-state index in [9.17, 15) is 9.90 Å². The van der Waals surface area contributed by atoms with Crippen LogP contribution in [0.3, 0.4) is 0 Å². The van der Waals surface area contributed by atoms with Gasteiger partial charge in [-0.1, -0.05) is 30.0 Å². The minimum absolute atomic E-state index is 0.0178. The number of carboxylic acid groups (broad SMARTS) is 1. The molecule has 0 aliphatic carbocycles. The van der Waals surface area contributed by atoms with Crippen molar-refractivity contribution in [2.45, 2.75) is 17.8 Å². The van der Waals surface area contributed by atoms with Crippen molar-refractivity contribution in [3.05, 3.63) is 53.5 Å². The second-order valence-corrected chi connectivity index (χ2v) is 5.49. The van der Waals surface area contributed by atoms with Gasteiger partial charge in [-0.15, -0.1) is 0 Å². The molecular formula is C15H12N2O3S. The van der Waals surface area contributed by atoms with Crippen molar-refractivity contribution < 1.29 is 14.3 Å². The minimum Gasteiger partial charge on any atom is -0.475 e. The van der Waals surface area contributed by atoms with Crippen molar-refractivity contribution in [3.63, 3.8) is 0 Å². The van der Waals surface area contributed by atoms with E-state index < -0.39 is 5.97 Å². The fourth-order valence-corrected chi connectivity index (χ4v) is 2.82. The summed E-state index contributed by atoms with van der Waals surface area (Å²) >= 11 is 1.39. The van der Waals surface area contributed by atoms with Gasteiger partial charge >= 0.3 is 5.97 Å². The van der Waals surface area contributed by atoms with E-state index in [1.165, 1.54) is 11.8 Å². The van der Waals surface area contributed by atoms with E-state index in [2.05, 4.69) is 9.97 Å². The van der Waals surface area contributed by atoms with Gasteiger partial charge in [0, 0.05) is 29.1 Å². The van der Waals surface area contributed by atoms with Crippen LogP contribution in [-0.4, -0.2) is 21.0 Å². The number of para-hydroxylation sites is 1. The monoisotopic (exact) mass is 300 g/mol. The van der Waals surface area contributed by atoms with Gasteiger partial charge in [0.2, 0.25) is 5.76 Å². The molecule has 6 heteroatoms. The number of rotatable bonds is 4. The Morgan fingerprint density at radius 2 is 2.00 bits per heavy atom. The first kappa shape index (κ1) is 13.6.